The Balaban J connectivity index is 2.02. The smallest absolute Gasteiger partial charge is 0.403 e. The lowest BCUT2D eigenvalue weighted by Gasteiger charge is -2.34. The number of nitrogens with zero attached hydrogens (tertiary/aromatic N) is 4. The molecule has 0 radical (unpaired) electrons. The third-order valence-corrected chi connectivity index (χ3v) is 4.38. The van der Waals surface area contributed by atoms with Gasteiger partial charge in [-0.15, -0.1) is 13.2 Å². The fourth-order valence-electron chi connectivity index (χ4n) is 2.91. The van der Waals surface area contributed by atoms with Crippen molar-refractivity contribution in [1.82, 2.24) is 19.6 Å². The minimum absolute atomic E-state index is 0.280. The van der Waals surface area contributed by atoms with Gasteiger partial charge >= 0.3 is 6.36 Å². The predicted molar refractivity (Wildman–Crippen MR) is 95.8 cm³/mol. The summed E-state index contributed by atoms with van der Waals surface area (Å²) in [7, 11) is 0. The lowest BCUT2D eigenvalue weighted by atomic mass is 9.81. The summed E-state index contributed by atoms with van der Waals surface area (Å²) >= 11 is 0. The number of aliphatic hydroxyl groups is 1. The molecule has 0 saturated carbocycles. The van der Waals surface area contributed by atoms with Gasteiger partial charge in [0.1, 0.15) is 12.1 Å². The molecule has 7 nitrogen and oxygen atoms in total. The summed E-state index contributed by atoms with van der Waals surface area (Å²) in [5.41, 5.74) is 0.149. The van der Waals surface area contributed by atoms with Gasteiger partial charge in [0.25, 0.3) is 5.78 Å². The number of benzene rings is 1. The molecule has 156 valence electrons. The molecule has 3 rings (SSSR count). The number of anilines is 1. The van der Waals surface area contributed by atoms with Crippen LogP contribution in [-0.4, -0.2) is 37.7 Å². The predicted octanol–water partition coefficient (Wildman–Crippen LogP) is 3.64. The highest BCUT2D eigenvalue weighted by molar-refractivity contribution is 5.47. The number of aryl methyl sites for hydroxylation is 1. The number of nitrogens with one attached hydrogen (secondary N) is 1. The topological polar surface area (TPSA) is 84.6 Å². The molecule has 0 fully saturated rings. The Kier molecular flexibility index (Phi) is 5.35. The van der Waals surface area contributed by atoms with Crippen LogP contribution < -0.4 is 10.1 Å². The van der Waals surface area contributed by atoms with Crippen molar-refractivity contribution in [3.63, 3.8) is 0 Å². The second-order valence-electron chi connectivity index (χ2n) is 7.22. The number of alkyl halides is 3. The first-order valence-corrected chi connectivity index (χ1v) is 8.60. The highest BCUT2D eigenvalue weighted by atomic mass is 19.4. The third kappa shape index (κ3) is 4.56. The van der Waals surface area contributed by atoms with Gasteiger partial charge in [0.05, 0.1) is 12.6 Å². The first kappa shape index (κ1) is 20.8. The molecule has 2 N–H and O–H groups in total. The Morgan fingerprint density at radius 2 is 1.97 bits per heavy atom. The molecule has 2 heterocycles. The van der Waals surface area contributed by atoms with Gasteiger partial charge in [0.15, 0.2) is 11.6 Å². The van der Waals surface area contributed by atoms with Crippen LogP contribution >= 0.6 is 0 Å². The maximum Gasteiger partial charge on any atom is 0.573 e. The summed E-state index contributed by atoms with van der Waals surface area (Å²) in [5, 5.41) is 17.1. The van der Waals surface area contributed by atoms with E-state index in [0.717, 1.165) is 12.1 Å². The average Bonchev–Trinajstić information content (AvgIpc) is 3.08. The van der Waals surface area contributed by atoms with Crippen molar-refractivity contribution in [2.75, 3.05) is 11.9 Å². The summed E-state index contributed by atoms with van der Waals surface area (Å²) in [4.78, 5) is 8.27. The zero-order valence-electron chi connectivity index (χ0n) is 15.8. The fourth-order valence-corrected chi connectivity index (χ4v) is 2.91. The van der Waals surface area contributed by atoms with Crippen molar-refractivity contribution in [3.8, 4) is 5.75 Å². The van der Waals surface area contributed by atoms with Gasteiger partial charge in [-0.3, -0.25) is 0 Å². The fraction of sp³-hybridized carbons (Fsp3) is 0.389. The van der Waals surface area contributed by atoms with Crippen LogP contribution in [0.3, 0.4) is 0 Å². The largest absolute Gasteiger partial charge is 0.573 e. The molecule has 0 spiro atoms. The van der Waals surface area contributed by atoms with E-state index in [4.69, 9.17) is 0 Å². The van der Waals surface area contributed by atoms with Crippen molar-refractivity contribution in [2.24, 2.45) is 5.41 Å². The number of rotatable bonds is 6. The van der Waals surface area contributed by atoms with Crippen LogP contribution in [0.15, 0.2) is 30.6 Å². The monoisotopic (exact) mass is 413 g/mol. The highest BCUT2D eigenvalue weighted by Crippen LogP contribution is 2.38. The molecule has 2 aromatic heterocycles. The van der Waals surface area contributed by atoms with Gasteiger partial charge in [0, 0.05) is 17.2 Å². The number of fused-ring (bicyclic) bond motifs is 1. The molecule has 0 aliphatic rings. The van der Waals surface area contributed by atoms with Gasteiger partial charge < -0.3 is 15.2 Å². The molecule has 0 amide bonds. The Morgan fingerprint density at radius 3 is 2.59 bits per heavy atom. The van der Waals surface area contributed by atoms with Gasteiger partial charge in [-0.2, -0.15) is 14.6 Å². The van der Waals surface area contributed by atoms with E-state index in [1.165, 1.54) is 16.9 Å². The molecule has 3 aromatic rings. The molecule has 1 aromatic carbocycles. The molecule has 0 aliphatic heterocycles. The highest BCUT2D eigenvalue weighted by Gasteiger charge is 2.34. The number of hydrogen-bond donors (Lipinski definition) is 2. The Morgan fingerprint density at radius 1 is 1.24 bits per heavy atom. The van der Waals surface area contributed by atoms with E-state index in [0.29, 0.717) is 22.9 Å². The quantitative estimate of drug-likeness (QED) is 0.601. The van der Waals surface area contributed by atoms with Crippen molar-refractivity contribution in [3.05, 3.63) is 47.7 Å². The standard InChI is InChI=1S/C18H19F4N5O2/c1-10-6-14(27-16(25-10)23-9-24-27)26-15(17(2,3)8-28)11-4-5-13(12(19)7-11)29-18(20,21)22/h4-7,9,15,26,28H,8H2,1-3H3/t15-/m1/s1. The second-order valence-corrected chi connectivity index (χ2v) is 7.22. The Bertz CT molecular complexity index is 1020. The summed E-state index contributed by atoms with van der Waals surface area (Å²) in [6, 6.07) is 4.17. The van der Waals surface area contributed by atoms with E-state index >= 15 is 0 Å². The zero-order chi connectivity index (χ0) is 21.4. The third-order valence-electron chi connectivity index (χ3n) is 4.38. The van der Waals surface area contributed by atoms with E-state index < -0.39 is 29.4 Å². The van der Waals surface area contributed by atoms with Crippen LogP contribution in [-0.2, 0) is 0 Å². The molecular formula is C18H19F4N5O2. The van der Waals surface area contributed by atoms with Crippen molar-refractivity contribution >= 4 is 11.6 Å². The minimum Gasteiger partial charge on any atom is -0.403 e. The van der Waals surface area contributed by atoms with E-state index in [1.807, 2.05) is 0 Å². The zero-order valence-corrected chi connectivity index (χ0v) is 15.8. The molecule has 1 atom stereocenters. The SMILES string of the molecule is Cc1cc(N[C@H](c2ccc(OC(F)(F)F)c(F)c2)C(C)(C)CO)n2ncnc2n1. The summed E-state index contributed by atoms with van der Waals surface area (Å²) < 4.78 is 56.6. The van der Waals surface area contributed by atoms with Crippen molar-refractivity contribution in [1.29, 1.82) is 0 Å². The number of aromatic nitrogens is 4. The molecule has 29 heavy (non-hydrogen) atoms. The molecular weight excluding hydrogens is 394 g/mol. The van der Waals surface area contributed by atoms with Crippen LogP contribution in [0.4, 0.5) is 23.4 Å². The van der Waals surface area contributed by atoms with Gasteiger partial charge in [-0.1, -0.05) is 19.9 Å². The van der Waals surface area contributed by atoms with Crippen LogP contribution in [0.1, 0.15) is 31.1 Å². The molecule has 0 saturated heterocycles. The van der Waals surface area contributed by atoms with Crippen LogP contribution in [0, 0.1) is 18.2 Å². The molecule has 11 heteroatoms. The van der Waals surface area contributed by atoms with Gasteiger partial charge in [-0.05, 0) is 24.6 Å². The van der Waals surface area contributed by atoms with Crippen LogP contribution in [0.2, 0.25) is 0 Å². The van der Waals surface area contributed by atoms with Crippen molar-refractivity contribution in [2.45, 2.75) is 33.2 Å². The number of ether oxygens (including phenoxy) is 1. The first-order chi connectivity index (χ1) is 13.5. The maximum atomic E-state index is 14.3. The number of hydrogen-bond acceptors (Lipinski definition) is 6. The van der Waals surface area contributed by atoms with Crippen LogP contribution in [0.5, 0.6) is 5.75 Å². The van der Waals surface area contributed by atoms with E-state index in [1.54, 1.807) is 26.8 Å². The minimum atomic E-state index is -5.00. The summed E-state index contributed by atoms with van der Waals surface area (Å²) in [6.07, 6.45) is -3.68. The Hall–Kier alpha value is -2.95. The summed E-state index contributed by atoms with van der Waals surface area (Å²) in [5.74, 6) is -1.28. The van der Waals surface area contributed by atoms with Crippen LogP contribution in [0.25, 0.3) is 5.78 Å². The molecule has 0 aliphatic carbocycles. The normalized spacial score (nSPS) is 13.5. The number of aliphatic hydroxyl groups excluding tert-OH is 1. The van der Waals surface area contributed by atoms with E-state index in [-0.39, 0.29) is 6.61 Å². The van der Waals surface area contributed by atoms with E-state index in [2.05, 4.69) is 25.1 Å². The molecule has 0 unspecified atom stereocenters. The van der Waals surface area contributed by atoms with Gasteiger partial charge in [-0.25, -0.2) is 9.37 Å². The molecule has 0 bridgehead atoms. The number of halogens is 4. The lowest BCUT2D eigenvalue weighted by Crippen LogP contribution is -2.32. The van der Waals surface area contributed by atoms with E-state index in [9.17, 15) is 22.7 Å². The lowest BCUT2D eigenvalue weighted by molar-refractivity contribution is -0.275. The second kappa shape index (κ2) is 7.47. The first-order valence-electron chi connectivity index (χ1n) is 8.60. The average molecular weight is 413 g/mol. The maximum absolute atomic E-state index is 14.3. The van der Waals surface area contributed by atoms with Gasteiger partial charge in [0.2, 0.25) is 0 Å². The van der Waals surface area contributed by atoms with Crippen molar-refractivity contribution < 1.29 is 27.4 Å². The summed E-state index contributed by atoms with van der Waals surface area (Å²) in [6.45, 7) is 4.94. The Labute approximate surface area is 163 Å².